The Balaban J connectivity index is 2.18. The summed E-state index contributed by atoms with van der Waals surface area (Å²) in [5.41, 5.74) is 3.24. The number of hydrogen-bond donors (Lipinski definition) is 2. The zero-order chi connectivity index (χ0) is 21.4. The summed E-state index contributed by atoms with van der Waals surface area (Å²) < 4.78 is 16.5. The molecule has 2 rings (SSSR count). The van der Waals surface area contributed by atoms with Gasteiger partial charge in [0.25, 0.3) is 5.91 Å². The van der Waals surface area contributed by atoms with Crippen LogP contribution in [0.1, 0.15) is 22.8 Å². The summed E-state index contributed by atoms with van der Waals surface area (Å²) >= 11 is 9.49. The van der Waals surface area contributed by atoms with E-state index < -0.39 is 18.5 Å². The van der Waals surface area contributed by atoms with Crippen LogP contribution in [-0.4, -0.2) is 43.5 Å². The molecule has 10 heteroatoms. The van der Waals surface area contributed by atoms with Crippen LogP contribution in [0.25, 0.3) is 0 Å². The van der Waals surface area contributed by atoms with E-state index in [9.17, 15) is 9.59 Å². The molecule has 154 valence electrons. The average molecular weight is 486 g/mol. The number of nitrogens with zero attached hydrogens (tertiary/aromatic N) is 1. The largest absolute Gasteiger partial charge is 0.496 e. The van der Waals surface area contributed by atoms with Gasteiger partial charge in [-0.25, -0.2) is 10.2 Å². The van der Waals surface area contributed by atoms with E-state index in [-0.39, 0.29) is 16.5 Å². The summed E-state index contributed by atoms with van der Waals surface area (Å²) in [5.74, 6) is -0.807. The maximum atomic E-state index is 12.4. The fourth-order valence-electron chi connectivity index (χ4n) is 2.28. The van der Waals surface area contributed by atoms with E-state index in [0.29, 0.717) is 23.5 Å². The number of nitrogens with one attached hydrogen (secondary N) is 1. The first kappa shape index (κ1) is 22.5. The molecule has 0 unspecified atom stereocenters. The molecule has 0 saturated heterocycles. The smallest absolute Gasteiger partial charge is 0.341 e. The number of halogens is 2. The van der Waals surface area contributed by atoms with Gasteiger partial charge in [0, 0.05) is 4.47 Å². The molecule has 0 aliphatic rings. The van der Waals surface area contributed by atoms with Crippen molar-refractivity contribution in [1.29, 1.82) is 0 Å². The van der Waals surface area contributed by atoms with E-state index >= 15 is 0 Å². The van der Waals surface area contributed by atoms with Crippen LogP contribution in [0.3, 0.4) is 0 Å². The molecule has 29 heavy (non-hydrogen) atoms. The number of carbonyl (C=O) groups excluding carboxylic acids is 1. The fraction of sp³-hybridized carbons (Fsp3) is 0.211. The predicted molar refractivity (Wildman–Crippen MR) is 112 cm³/mol. The van der Waals surface area contributed by atoms with Crippen LogP contribution in [0.2, 0.25) is 5.02 Å². The molecule has 2 N–H and O–H groups in total. The Morgan fingerprint density at radius 2 is 2.00 bits per heavy atom. The molecule has 0 saturated carbocycles. The first-order valence-corrected chi connectivity index (χ1v) is 9.50. The Morgan fingerprint density at radius 1 is 1.24 bits per heavy atom. The number of amides is 1. The molecular weight excluding hydrogens is 468 g/mol. The summed E-state index contributed by atoms with van der Waals surface area (Å²) in [7, 11) is 1.47. The molecule has 2 aromatic rings. The van der Waals surface area contributed by atoms with Crippen molar-refractivity contribution in [3.05, 3.63) is 51.0 Å². The number of hydrogen-bond acceptors (Lipinski definition) is 6. The summed E-state index contributed by atoms with van der Waals surface area (Å²) in [5, 5.41) is 12.9. The normalized spacial score (nSPS) is 10.6. The van der Waals surface area contributed by atoms with Gasteiger partial charge in [-0.15, -0.1) is 0 Å². The third kappa shape index (κ3) is 6.37. The van der Waals surface area contributed by atoms with Gasteiger partial charge >= 0.3 is 5.97 Å². The number of carbonyl (C=O) groups is 2. The molecule has 0 bridgehead atoms. The van der Waals surface area contributed by atoms with E-state index in [4.69, 9.17) is 30.9 Å². The predicted octanol–water partition coefficient (Wildman–Crippen LogP) is 3.74. The van der Waals surface area contributed by atoms with Crippen LogP contribution < -0.4 is 19.6 Å². The molecule has 0 atom stereocenters. The summed E-state index contributed by atoms with van der Waals surface area (Å²) in [4.78, 5) is 23.1. The average Bonchev–Trinajstić information content (AvgIpc) is 2.67. The quantitative estimate of drug-likeness (QED) is 0.414. The molecule has 2 aromatic carbocycles. The lowest BCUT2D eigenvalue weighted by molar-refractivity contribution is -0.139. The zero-order valence-electron chi connectivity index (χ0n) is 15.6. The Kier molecular flexibility index (Phi) is 8.29. The number of aliphatic carboxylic acids is 1. The van der Waals surface area contributed by atoms with Crippen LogP contribution in [-0.2, 0) is 4.79 Å². The number of ether oxygens (including phenoxy) is 3. The highest BCUT2D eigenvalue weighted by Gasteiger charge is 2.14. The van der Waals surface area contributed by atoms with Crippen LogP contribution in [0.4, 0.5) is 0 Å². The van der Waals surface area contributed by atoms with Crippen molar-refractivity contribution >= 4 is 45.6 Å². The molecule has 0 spiro atoms. The van der Waals surface area contributed by atoms with Crippen molar-refractivity contribution in [2.45, 2.75) is 6.92 Å². The highest BCUT2D eigenvalue weighted by molar-refractivity contribution is 9.10. The van der Waals surface area contributed by atoms with Gasteiger partial charge in [-0.3, -0.25) is 4.79 Å². The lowest BCUT2D eigenvalue weighted by Gasteiger charge is -2.13. The highest BCUT2D eigenvalue weighted by atomic mass is 79.9. The second-order valence-electron chi connectivity index (χ2n) is 5.49. The van der Waals surface area contributed by atoms with Gasteiger partial charge in [-0.05, 0) is 42.8 Å². The number of benzene rings is 2. The van der Waals surface area contributed by atoms with Gasteiger partial charge in [-0.2, -0.15) is 5.10 Å². The molecule has 1 amide bonds. The molecule has 0 fully saturated rings. The van der Waals surface area contributed by atoms with Gasteiger partial charge in [0.05, 0.1) is 30.5 Å². The fourth-order valence-corrected chi connectivity index (χ4v) is 2.92. The topological polar surface area (TPSA) is 106 Å². The van der Waals surface area contributed by atoms with Crippen molar-refractivity contribution < 1.29 is 28.9 Å². The Hall–Kier alpha value is -2.78. The lowest BCUT2D eigenvalue weighted by atomic mass is 10.2. The molecular formula is C19H18BrClN2O6. The minimum Gasteiger partial charge on any atom is -0.496 e. The molecule has 0 aromatic heterocycles. The van der Waals surface area contributed by atoms with Gasteiger partial charge < -0.3 is 19.3 Å². The first-order chi connectivity index (χ1) is 13.8. The van der Waals surface area contributed by atoms with Crippen molar-refractivity contribution in [3.8, 4) is 17.2 Å². The van der Waals surface area contributed by atoms with Crippen LogP contribution in [0, 0.1) is 0 Å². The van der Waals surface area contributed by atoms with Crippen molar-refractivity contribution in [3.63, 3.8) is 0 Å². The van der Waals surface area contributed by atoms with Gasteiger partial charge in [-0.1, -0.05) is 27.5 Å². The van der Waals surface area contributed by atoms with E-state index in [1.165, 1.54) is 19.4 Å². The Bertz CT molecular complexity index is 935. The first-order valence-electron chi connectivity index (χ1n) is 8.33. The lowest BCUT2D eigenvalue weighted by Crippen LogP contribution is -2.18. The maximum absolute atomic E-state index is 12.4. The van der Waals surface area contributed by atoms with Crippen LogP contribution in [0.15, 0.2) is 39.9 Å². The third-order valence-corrected chi connectivity index (χ3v) is 4.23. The van der Waals surface area contributed by atoms with Crippen LogP contribution >= 0.6 is 27.5 Å². The molecule has 0 aliphatic carbocycles. The van der Waals surface area contributed by atoms with E-state index in [0.717, 1.165) is 4.47 Å². The maximum Gasteiger partial charge on any atom is 0.341 e. The highest BCUT2D eigenvalue weighted by Crippen LogP contribution is 2.36. The summed E-state index contributed by atoms with van der Waals surface area (Å²) in [6.45, 7) is 1.53. The van der Waals surface area contributed by atoms with Crippen molar-refractivity contribution in [2.75, 3.05) is 20.3 Å². The molecule has 0 radical (unpaired) electrons. The third-order valence-electron chi connectivity index (χ3n) is 3.46. The summed E-state index contributed by atoms with van der Waals surface area (Å²) in [6.07, 6.45) is 1.37. The Morgan fingerprint density at radius 3 is 2.66 bits per heavy atom. The van der Waals surface area contributed by atoms with Crippen molar-refractivity contribution in [1.82, 2.24) is 5.43 Å². The van der Waals surface area contributed by atoms with Crippen molar-refractivity contribution in [2.24, 2.45) is 5.10 Å². The van der Waals surface area contributed by atoms with Gasteiger partial charge in [0.15, 0.2) is 18.1 Å². The minimum absolute atomic E-state index is 0.121. The number of rotatable bonds is 9. The molecule has 8 nitrogen and oxygen atoms in total. The Labute approximate surface area is 180 Å². The zero-order valence-corrected chi connectivity index (χ0v) is 17.9. The van der Waals surface area contributed by atoms with E-state index in [2.05, 4.69) is 26.5 Å². The molecule has 0 heterocycles. The SMILES string of the molecule is CCOc1cc(/C=N\NC(=O)c2cc(Br)ccc2OC)cc(Cl)c1OCC(=O)O. The number of carboxylic acid groups (broad SMARTS) is 1. The van der Waals surface area contributed by atoms with E-state index in [1.54, 1.807) is 31.2 Å². The van der Waals surface area contributed by atoms with Crippen LogP contribution in [0.5, 0.6) is 17.2 Å². The summed E-state index contributed by atoms with van der Waals surface area (Å²) in [6, 6.07) is 8.11. The number of hydrazone groups is 1. The van der Waals surface area contributed by atoms with Gasteiger partial charge in [0.2, 0.25) is 0 Å². The standard InChI is InChI=1S/C19H18BrClN2O6/c1-3-28-16-7-11(6-14(21)18(16)29-10-17(24)25)9-22-23-19(26)13-8-12(20)4-5-15(13)27-2/h4-9H,3,10H2,1-2H3,(H,23,26)(H,24,25)/b22-9-. The second kappa shape index (κ2) is 10.7. The van der Waals surface area contributed by atoms with E-state index in [1.807, 2.05) is 0 Å². The van der Waals surface area contributed by atoms with Gasteiger partial charge in [0.1, 0.15) is 5.75 Å². The number of methoxy groups -OCH3 is 1. The monoisotopic (exact) mass is 484 g/mol. The minimum atomic E-state index is -1.14. The number of carboxylic acids is 1. The molecule has 0 aliphatic heterocycles. The second-order valence-corrected chi connectivity index (χ2v) is 6.81.